The molecule has 2 rings (SSSR count). The van der Waals surface area contributed by atoms with Gasteiger partial charge in [-0.15, -0.1) is 0 Å². The maximum Gasteiger partial charge on any atom is 0.275 e. The highest BCUT2D eigenvalue weighted by Gasteiger charge is 2.24. The molecule has 0 radical (unpaired) electrons. The third-order valence-electron chi connectivity index (χ3n) is 3.08. The van der Waals surface area contributed by atoms with Gasteiger partial charge in [0.2, 0.25) is 11.0 Å². The third kappa shape index (κ3) is 2.92. The molecule has 0 saturated carbocycles. The highest BCUT2D eigenvalue weighted by molar-refractivity contribution is 7.88. The Morgan fingerprint density at radius 1 is 1.27 bits per heavy atom. The summed E-state index contributed by atoms with van der Waals surface area (Å²) in [7, 11) is 0.900. The molecule has 0 atom stereocenters. The Balaban J connectivity index is 2.43. The second-order valence-electron chi connectivity index (χ2n) is 4.90. The van der Waals surface area contributed by atoms with Crippen molar-refractivity contribution < 1.29 is 17.6 Å². The Morgan fingerprint density at radius 3 is 2.45 bits per heavy atom. The van der Waals surface area contributed by atoms with Gasteiger partial charge in [-0.3, -0.25) is 9.69 Å². The second-order valence-corrected chi connectivity index (χ2v) is 7.96. The molecule has 0 aliphatic heterocycles. The maximum absolute atomic E-state index is 12.0. The first-order valence-corrected chi connectivity index (χ1v) is 8.64. The van der Waals surface area contributed by atoms with Gasteiger partial charge in [0.25, 0.3) is 10.0 Å². The van der Waals surface area contributed by atoms with Crippen molar-refractivity contribution in [1.29, 1.82) is 0 Å². The quantitative estimate of drug-likeness (QED) is 0.847. The Morgan fingerprint density at radius 2 is 1.91 bits per heavy atom. The standard InChI is InChI=1S/C13H17N3O4S2/c1-8-12(21-13(14-8)16(5)9(2)17)10-6-7-11(20-10)22(18,19)15(3)4/h6-7H,1-5H3. The molecule has 2 aromatic rings. The molecule has 2 heterocycles. The summed E-state index contributed by atoms with van der Waals surface area (Å²) in [6.07, 6.45) is 0. The number of hydrogen-bond acceptors (Lipinski definition) is 6. The van der Waals surface area contributed by atoms with E-state index in [4.69, 9.17) is 4.42 Å². The Hall–Kier alpha value is -1.71. The Bertz CT molecular complexity index is 805. The summed E-state index contributed by atoms with van der Waals surface area (Å²) in [6.45, 7) is 3.23. The van der Waals surface area contributed by atoms with Crippen LogP contribution in [0.15, 0.2) is 21.6 Å². The molecular formula is C13H17N3O4S2. The van der Waals surface area contributed by atoms with Crippen molar-refractivity contribution >= 4 is 32.4 Å². The molecule has 120 valence electrons. The van der Waals surface area contributed by atoms with Crippen molar-refractivity contribution in [3.63, 3.8) is 0 Å². The molecule has 9 heteroatoms. The zero-order valence-corrected chi connectivity index (χ0v) is 14.6. The minimum Gasteiger partial charge on any atom is -0.442 e. The smallest absolute Gasteiger partial charge is 0.275 e. The zero-order chi connectivity index (χ0) is 16.7. The van der Waals surface area contributed by atoms with Gasteiger partial charge in [0, 0.05) is 28.1 Å². The molecule has 22 heavy (non-hydrogen) atoms. The molecule has 0 fully saturated rings. The van der Waals surface area contributed by atoms with E-state index < -0.39 is 10.0 Å². The van der Waals surface area contributed by atoms with Gasteiger partial charge < -0.3 is 4.42 Å². The summed E-state index contributed by atoms with van der Waals surface area (Å²) in [6, 6.07) is 3.01. The summed E-state index contributed by atoms with van der Waals surface area (Å²) in [5, 5.41) is 0.412. The van der Waals surface area contributed by atoms with E-state index in [1.54, 1.807) is 20.0 Å². The highest BCUT2D eigenvalue weighted by Crippen LogP contribution is 2.36. The lowest BCUT2D eigenvalue weighted by atomic mass is 10.3. The van der Waals surface area contributed by atoms with Crippen molar-refractivity contribution in [3.05, 3.63) is 17.8 Å². The van der Waals surface area contributed by atoms with Crippen LogP contribution in [-0.2, 0) is 14.8 Å². The van der Waals surface area contributed by atoms with Crippen LogP contribution in [-0.4, -0.2) is 44.8 Å². The lowest BCUT2D eigenvalue weighted by Gasteiger charge is -2.09. The second kappa shape index (κ2) is 5.82. The normalized spacial score (nSPS) is 11.9. The number of aromatic nitrogens is 1. The van der Waals surface area contributed by atoms with Crippen molar-refractivity contribution in [2.75, 3.05) is 26.0 Å². The zero-order valence-electron chi connectivity index (χ0n) is 12.9. The largest absolute Gasteiger partial charge is 0.442 e. The Labute approximate surface area is 133 Å². The van der Waals surface area contributed by atoms with Gasteiger partial charge in [0.15, 0.2) is 5.13 Å². The van der Waals surface area contributed by atoms with Crippen LogP contribution in [0.1, 0.15) is 12.6 Å². The summed E-state index contributed by atoms with van der Waals surface area (Å²) in [5.74, 6) is 0.286. The first kappa shape index (κ1) is 16.7. The molecule has 0 spiro atoms. The van der Waals surface area contributed by atoms with Crippen LogP contribution < -0.4 is 4.90 Å². The van der Waals surface area contributed by atoms with Crippen molar-refractivity contribution in [2.24, 2.45) is 0 Å². The molecule has 0 aliphatic rings. The number of rotatable bonds is 4. The minimum absolute atomic E-state index is 0.123. The predicted octanol–water partition coefficient (Wildman–Crippen LogP) is 1.94. The molecular weight excluding hydrogens is 326 g/mol. The number of sulfonamides is 1. The Kier molecular flexibility index (Phi) is 4.41. The lowest BCUT2D eigenvalue weighted by Crippen LogP contribution is -2.22. The average Bonchev–Trinajstić information content (AvgIpc) is 3.03. The molecule has 0 bridgehead atoms. The number of anilines is 1. The number of carbonyl (C=O) groups excluding carboxylic acids is 1. The first-order valence-electron chi connectivity index (χ1n) is 6.39. The van der Waals surface area contributed by atoms with Crippen LogP contribution in [0.25, 0.3) is 10.6 Å². The number of amides is 1. The van der Waals surface area contributed by atoms with E-state index in [-0.39, 0.29) is 11.0 Å². The number of nitrogens with zero attached hydrogens (tertiary/aromatic N) is 3. The fourth-order valence-corrected chi connectivity index (χ4v) is 3.48. The number of furan rings is 1. The van der Waals surface area contributed by atoms with E-state index in [0.717, 1.165) is 4.31 Å². The van der Waals surface area contributed by atoms with Crippen molar-refractivity contribution in [1.82, 2.24) is 9.29 Å². The summed E-state index contributed by atoms with van der Waals surface area (Å²) < 4.78 is 30.6. The molecule has 0 aromatic carbocycles. The molecule has 0 saturated heterocycles. The SMILES string of the molecule is CC(=O)N(C)c1nc(C)c(-c2ccc(S(=O)(=O)N(C)C)o2)s1. The first-order chi connectivity index (χ1) is 10.1. The van der Waals surface area contributed by atoms with Gasteiger partial charge >= 0.3 is 0 Å². The molecule has 7 nitrogen and oxygen atoms in total. The number of thiazole rings is 1. The van der Waals surface area contributed by atoms with Crippen LogP contribution in [0.2, 0.25) is 0 Å². The minimum atomic E-state index is -3.61. The van der Waals surface area contributed by atoms with Gasteiger partial charge in [-0.1, -0.05) is 11.3 Å². The average molecular weight is 343 g/mol. The summed E-state index contributed by atoms with van der Waals surface area (Å²) >= 11 is 1.27. The van der Waals surface area contributed by atoms with Gasteiger partial charge in [0.05, 0.1) is 10.6 Å². The molecule has 1 amide bonds. The molecule has 0 unspecified atom stereocenters. The van der Waals surface area contributed by atoms with Crippen LogP contribution in [0.4, 0.5) is 5.13 Å². The fourth-order valence-electron chi connectivity index (χ4n) is 1.65. The third-order valence-corrected chi connectivity index (χ3v) is 6.02. The van der Waals surface area contributed by atoms with Crippen molar-refractivity contribution in [2.45, 2.75) is 18.9 Å². The number of hydrogen-bond donors (Lipinski definition) is 0. The summed E-state index contributed by atoms with van der Waals surface area (Å²) in [5.41, 5.74) is 0.677. The predicted molar refractivity (Wildman–Crippen MR) is 84.5 cm³/mol. The number of carbonyl (C=O) groups is 1. The van der Waals surface area contributed by atoms with E-state index in [1.165, 1.54) is 43.3 Å². The topological polar surface area (TPSA) is 83.7 Å². The maximum atomic E-state index is 12.0. The van der Waals surface area contributed by atoms with E-state index in [2.05, 4.69) is 4.98 Å². The van der Waals surface area contributed by atoms with Crippen LogP contribution in [0.5, 0.6) is 0 Å². The molecule has 0 aliphatic carbocycles. The molecule has 2 aromatic heterocycles. The van der Waals surface area contributed by atoms with Gasteiger partial charge in [-0.05, 0) is 19.1 Å². The summed E-state index contributed by atoms with van der Waals surface area (Å²) in [4.78, 5) is 17.8. The fraction of sp³-hybridized carbons (Fsp3) is 0.385. The lowest BCUT2D eigenvalue weighted by molar-refractivity contribution is -0.116. The van der Waals surface area contributed by atoms with E-state index in [1.807, 2.05) is 0 Å². The number of aryl methyl sites for hydroxylation is 1. The van der Waals surface area contributed by atoms with E-state index in [9.17, 15) is 13.2 Å². The van der Waals surface area contributed by atoms with E-state index >= 15 is 0 Å². The van der Waals surface area contributed by atoms with Crippen molar-refractivity contribution in [3.8, 4) is 10.6 Å². The van der Waals surface area contributed by atoms with E-state index in [0.29, 0.717) is 21.5 Å². The van der Waals surface area contributed by atoms with Crippen LogP contribution in [0, 0.1) is 6.92 Å². The van der Waals surface area contributed by atoms with Crippen LogP contribution >= 0.6 is 11.3 Å². The van der Waals surface area contributed by atoms with Gasteiger partial charge in [-0.2, -0.15) is 0 Å². The monoisotopic (exact) mass is 343 g/mol. The molecule has 0 N–H and O–H groups in total. The van der Waals surface area contributed by atoms with Gasteiger partial charge in [0.1, 0.15) is 5.76 Å². The van der Waals surface area contributed by atoms with Crippen LogP contribution in [0.3, 0.4) is 0 Å². The van der Waals surface area contributed by atoms with Gasteiger partial charge in [-0.25, -0.2) is 17.7 Å². The highest BCUT2D eigenvalue weighted by atomic mass is 32.2.